The van der Waals surface area contributed by atoms with Gasteiger partial charge in [-0.15, -0.1) is 0 Å². The topological polar surface area (TPSA) is 95.5 Å². The van der Waals surface area contributed by atoms with E-state index in [1.165, 1.54) is 6.26 Å². The summed E-state index contributed by atoms with van der Waals surface area (Å²) >= 11 is 0. The van der Waals surface area contributed by atoms with Gasteiger partial charge in [0.05, 0.1) is 17.9 Å². The summed E-state index contributed by atoms with van der Waals surface area (Å²) in [5.41, 5.74) is 1.14. The van der Waals surface area contributed by atoms with E-state index in [-0.39, 0.29) is 30.9 Å². The second-order valence-corrected chi connectivity index (χ2v) is 5.44. The van der Waals surface area contributed by atoms with Crippen LogP contribution in [0.4, 0.5) is 0 Å². The first-order valence-electron chi connectivity index (χ1n) is 7.75. The summed E-state index contributed by atoms with van der Waals surface area (Å²) in [5.74, 6) is 0.454. The zero-order chi connectivity index (χ0) is 17.4. The van der Waals surface area contributed by atoms with E-state index in [1.807, 2.05) is 13.0 Å². The molecule has 0 aliphatic carbocycles. The fourth-order valence-corrected chi connectivity index (χ4v) is 2.22. The molecular weight excluding hydrogens is 308 g/mol. The van der Waals surface area contributed by atoms with Crippen LogP contribution in [0.2, 0.25) is 0 Å². The first kappa shape index (κ1) is 17.6. The van der Waals surface area contributed by atoms with Gasteiger partial charge in [-0.25, -0.2) is 0 Å². The molecule has 2 rings (SSSR count). The van der Waals surface area contributed by atoms with Gasteiger partial charge in [0.1, 0.15) is 12.4 Å². The van der Waals surface area contributed by atoms with E-state index in [0.29, 0.717) is 29.7 Å². The quantitative estimate of drug-likeness (QED) is 0.776. The minimum atomic E-state index is -0.310. The van der Waals surface area contributed by atoms with Crippen molar-refractivity contribution in [2.45, 2.75) is 32.4 Å². The Labute approximate surface area is 140 Å². The van der Waals surface area contributed by atoms with Gasteiger partial charge in [0.25, 0.3) is 5.91 Å². The lowest BCUT2D eigenvalue weighted by Crippen LogP contribution is -2.33. The summed E-state index contributed by atoms with van der Waals surface area (Å²) in [6.07, 6.45) is 2.76. The van der Waals surface area contributed by atoms with Crippen molar-refractivity contribution in [2.24, 2.45) is 0 Å². The molecule has 0 saturated heterocycles. The van der Waals surface area contributed by atoms with Gasteiger partial charge in [-0.2, -0.15) is 5.26 Å². The molecule has 2 N–H and O–H groups in total. The summed E-state index contributed by atoms with van der Waals surface area (Å²) in [6, 6.07) is 10.5. The Morgan fingerprint density at radius 3 is 3.04 bits per heavy atom. The van der Waals surface area contributed by atoms with Crippen molar-refractivity contribution >= 4 is 5.91 Å². The van der Waals surface area contributed by atoms with E-state index in [1.54, 1.807) is 30.3 Å². The lowest BCUT2D eigenvalue weighted by atomic mass is 10.1. The molecule has 0 radical (unpaired) electrons. The number of rotatable bonds is 8. The van der Waals surface area contributed by atoms with Crippen LogP contribution in [0.3, 0.4) is 0 Å². The Hall–Kier alpha value is -2.78. The van der Waals surface area contributed by atoms with Crippen LogP contribution in [0.25, 0.3) is 0 Å². The number of nitrogens with one attached hydrogen (secondary N) is 1. The fraction of sp³-hybridized carbons (Fsp3) is 0.333. The molecule has 1 amide bonds. The number of carbonyl (C=O) groups excluding carboxylic acids is 1. The third-order valence-corrected chi connectivity index (χ3v) is 3.48. The standard InChI is InChI=1S/C18H20N2O4/c1-13(4-3-8-21)20-18(22)17-15(7-9-23-17)12-24-16-6-2-5-14(10-16)11-19/h2,5-7,9-10,13,21H,3-4,8,12H2,1H3,(H,20,22). The maximum Gasteiger partial charge on any atom is 0.287 e. The molecular formula is C18H20N2O4. The highest BCUT2D eigenvalue weighted by Crippen LogP contribution is 2.17. The number of nitriles is 1. The van der Waals surface area contributed by atoms with Crippen molar-refractivity contribution in [3.05, 3.63) is 53.5 Å². The number of aliphatic hydroxyl groups excluding tert-OH is 1. The van der Waals surface area contributed by atoms with Crippen molar-refractivity contribution in [1.82, 2.24) is 5.32 Å². The van der Waals surface area contributed by atoms with Crippen LogP contribution in [0.15, 0.2) is 41.0 Å². The van der Waals surface area contributed by atoms with E-state index in [4.69, 9.17) is 19.5 Å². The van der Waals surface area contributed by atoms with Crippen molar-refractivity contribution in [3.63, 3.8) is 0 Å². The van der Waals surface area contributed by atoms with Crippen molar-refractivity contribution in [2.75, 3.05) is 6.61 Å². The van der Waals surface area contributed by atoms with Crippen molar-refractivity contribution in [3.8, 4) is 11.8 Å². The summed E-state index contributed by atoms with van der Waals surface area (Å²) in [5, 5.41) is 20.5. The first-order chi connectivity index (χ1) is 11.6. The lowest BCUT2D eigenvalue weighted by molar-refractivity contribution is 0.0905. The number of aliphatic hydroxyl groups is 1. The van der Waals surface area contributed by atoms with Crippen LogP contribution in [0.1, 0.15) is 41.4 Å². The number of furan rings is 1. The predicted molar refractivity (Wildman–Crippen MR) is 87.4 cm³/mol. The summed E-state index contributed by atoms with van der Waals surface area (Å²) < 4.78 is 10.9. The molecule has 1 aromatic carbocycles. The maximum absolute atomic E-state index is 12.2. The molecule has 0 fully saturated rings. The molecule has 0 aliphatic rings. The molecule has 0 bridgehead atoms. The van der Waals surface area contributed by atoms with Crippen LogP contribution >= 0.6 is 0 Å². The molecule has 6 nitrogen and oxygen atoms in total. The maximum atomic E-state index is 12.2. The molecule has 2 aromatic rings. The van der Waals surface area contributed by atoms with E-state index in [2.05, 4.69) is 5.32 Å². The molecule has 24 heavy (non-hydrogen) atoms. The highest BCUT2D eigenvalue weighted by molar-refractivity contribution is 5.93. The summed E-state index contributed by atoms with van der Waals surface area (Å²) in [7, 11) is 0. The van der Waals surface area contributed by atoms with E-state index in [9.17, 15) is 4.79 Å². The predicted octanol–water partition coefficient (Wildman–Crippen LogP) is 2.62. The molecule has 0 aliphatic heterocycles. The monoisotopic (exact) mass is 328 g/mol. The average Bonchev–Trinajstić information content (AvgIpc) is 3.07. The van der Waals surface area contributed by atoms with Crippen LogP contribution in [0.5, 0.6) is 5.75 Å². The third-order valence-electron chi connectivity index (χ3n) is 3.48. The van der Waals surface area contributed by atoms with Gasteiger partial charge in [-0.3, -0.25) is 4.79 Å². The average molecular weight is 328 g/mol. The molecule has 126 valence electrons. The van der Waals surface area contributed by atoms with E-state index in [0.717, 1.165) is 0 Å². The van der Waals surface area contributed by atoms with Crippen molar-refractivity contribution < 1.29 is 19.1 Å². The number of amides is 1. The highest BCUT2D eigenvalue weighted by atomic mass is 16.5. The Bertz CT molecular complexity index is 718. The Kier molecular flexibility index (Phi) is 6.41. The minimum absolute atomic E-state index is 0.0594. The lowest BCUT2D eigenvalue weighted by Gasteiger charge is -2.13. The van der Waals surface area contributed by atoms with E-state index >= 15 is 0 Å². The van der Waals surface area contributed by atoms with Gasteiger partial charge in [0.15, 0.2) is 5.76 Å². The second kappa shape index (κ2) is 8.75. The van der Waals surface area contributed by atoms with Gasteiger partial charge >= 0.3 is 0 Å². The molecule has 1 unspecified atom stereocenters. The largest absolute Gasteiger partial charge is 0.489 e. The van der Waals surface area contributed by atoms with Gasteiger partial charge in [-0.1, -0.05) is 6.07 Å². The smallest absolute Gasteiger partial charge is 0.287 e. The van der Waals surface area contributed by atoms with E-state index < -0.39 is 0 Å². The van der Waals surface area contributed by atoms with Crippen LogP contribution in [-0.2, 0) is 6.61 Å². The molecule has 1 heterocycles. The molecule has 0 spiro atoms. The Morgan fingerprint density at radius 1 is 1.46 bits per heavy atom. The first-order valence-corrected chi connectivity index (χ1v) is 7.75. The number of hydrogen-bond acceptors (Lipinski definition) is 5. The number of ether oxygens (including phenoxy) is 1. The SMILES string of the molecule is CC(CCCO)NC(=O)c1occc1COc1cccc(C#N)c1. The van der Waals surface area contributed by atoms with Crippen LogP contribution in [-0.4, -0.2) is 23.7 Å². The van der Waals surface area contributed by atoms with Gasteiger partial charge < -0.3 is 19.6 Å². The Morgan fingerprint density at radius 2 is 2.29 bits per heavy atom. The zero-order valence-corrected chi connectivity index (χ0v) is 13.5. The second-order valence-electron chi connectivity index (χ2n) is 5.44. The number of benzene rings is 1. The molecule has 1 aromatic heterocycles. The van der Waals surface area contributed by atoms with Crippen molar-refractivity contribution in [1.29, 1.82) is 5.26 Å². The minimum Gasteiger partial charge on any atom is -0.489 e. The number of carbonyl (C=O) groups is 1. The number of nitrogens with zero attached hydrogens (tertiary/aromatic N) is 1. The third kappa shape index (κ3) is 4.86. The molecule has 6 heteroatoms. The Balaban J connectivity index is 1.97. The van der Waals surface area contributed by atoms with Gasteiger partial charge in [0.2, 0.25) is 0 Å². The molecule has 0 saturated carbocycles. The fourth-order valence-electron chi connectivity index (χ4n) is 2.22. The van der Waals surface area contributed by atoms with Crippen LogP contribution < -0.4 is 10.1 Å². The zero-order valence-electron chi connectivity index (χ0n) is 13.5. The summed E-state index contributed by atoms with van der Waals surface area (Å²) in [4.78, 5) is 12.2. The normalized spacial score (nSPS) is 11.5. The van der Waals surface area contributed by atoms with Gasteiger partial charge in [0, 0.05) is 18.2 Å². The number of hydrogen-bond donors (Lipinski definition) is 2. The van der Waals surface area contributed by atoms with Gasteiger partial charge in [-0.05, 0) is 44.0 Å². The molecule has 1 atom stereocenters. The highest BCUT2D eigenvalue weighted by Gasteiger charge is 2.17. The summed E-state index contributed by atoms with van der Waals surface area (Å²) in [6.45, 7) is 2.14. The van der Waals surface area contributed by atoms with Crippen LogP contribution in [0, 0.1) is 11.3 Å².